The van der Waals surface area contributed by atoms with Gasteiger partial charge in [0.2, 0.25) is 5.91 Å². The molecule has 1 aliphatic rings. The van der Waals surface area contributed by atoms with Crippen LogP contribution in [0.2, 0.25) is 10.0 Å². The van der Waals surface area contributed by atoms with E-state index in [1.165, 1.54) is 17.8 Å². The van der Waals surface area contributed by atoms with E-state index in [4.69, 9.17) is 27.9 Å². The first kappa shape index (κ1) is 22.2. The minimum atomic E-state index is -0.440. The molecule has 0 aliphatic carbocycles. The van der Waals surface area contributed by atoms with Crippen LogP contribution in [0.1, 0.15) is 26.3 Å². The summed E-state index contributed by atoms with van der Waals surface area (Å²) in [5.41, 5.74) is 2.17. The van der Waals surface area contributed by atoms with E-state index in [9.17, 15) is 14.4 Å². The fourth-order valence-electron chi connectivity index (χ4n) is 3.04. The van der Waals surface area contributed by atoms with Gasteiger partial charge >= 0.3 is 0 Å². The van der Waals surface area contributed by atoms with E-state index in [1.54, 1.807) is 48.5 Å². The number of imide groups is 1. The van der Waals surface area contributed by atoms with Crippen molar-refractivity contribution in [1.82, 2.24) is 5.32 Å². The van der Waals surface area contributed by atoms with Gasteiger partial charge in [0.05, 0.1) is 16.9 Å². The highest BCUT2D eigenvalue weighted by molar-refractivity contribution is 7.99. The molecule has 162 valence electrons. The number of halogens is 2. The number of ether oxygens (including phenoxy) is 1. The third-order valence-electron chi connectivity index (χ3n) is 4.59. The highest BCUT2D eigenvalue weighted by Gasteiger charge is 2.26. The monoisotopic (exact) mass is 486 g/mol. The van der Waals surface area contributed by atoms with Crippen molar-refractivity contribution in [1.29, 1.82) is 0 Å². The maximum atomic E-state index is 12.2. The number of carbonyl (C=O) groups excluding carboxylic acids is 3. The third-order valence-corrected chi connectivity index (χ3v) is 6.16. The summed E-state index contributed by atoms with van der Waals surface area (Å²) >= 11 is 13.5. The predicted molar refractivity (Wildman–Crippen MR) is 126 cm³/mol. The molecule has 0 fully saturated rings. The normalized spacial score (nSPS) is 12.3. The Balaban J connectivity index is 1.29. The third kappa shape index (κ3) is 5.24. The van der Waals surface area contributed by atoms with Gasteiger partial charge in [0, 0.05) is 21.5 Å². The van der Waals surface area contributed by atoms with Crippen molar-refractivity contribution in [2.24, 2.45) is 0 Å². The van der Waals surface area contributed by atoms with Crippen molar-refractivity contribution in [3.8, 4) is 11.5 Å². The Morgan fingerprint density at radius 3 is 2.38 bits per heavy atom. The van der Waals surface area contributed by atoms with Crippen LogP contribution in [-0.2, 0) is 10.5 Å². The van der Waals surface area contributed by atoms with Crippen LogP contribution in [-0.4, -0.2) is 23.5 Å². The minimum Gasteiger partial charge on any atom is -0.457 e. The van der Waals surface area contributed by atoms with Crippen molar-refractivity contribution in [3.63, 3.8) is 0 Å². The minimum absolute atomic E-state index is 0.136. The Labute approximate surface area is 198 Å². The molecule has 0 saturated carbocycles. The number of fused-ring (bicyclic) bond motifs is 1. The lowest BCUT2D eigenvalue weighted by atomic mass is 10.1. The molecule has 0 atom stereocenters. The average Bonchev–Trinajstić information content (AvgIpc) is 3.04. The van der Waals surface area contributed by atoms with Crippen LogP contribution in [0.25, 0.3) is 0 Å². The summed E-state index contributed by atoms with van der Waals surface area (Å²) in [5, 5.41) is 6.22. The molecule has 3 amide bonds. The summed E-state index contributed by atoms with van der Waals surface area (Å²) in [6, 6.07) is 16.8. The Bertz CT molecular complexity index is 1220. The fraction of sp³-hybridized carbons (Fsp3) is 0.0870. The number of nitrogens with one attached hydrogen (secondary N) is 2. The lowest BCUT2D eigenvalue weighted by molar-refractivity contribution is -0.113. The maximum absolute atomic E-state index is 12.2. The summed E-state index contributed by atoms with van der Waals surface area (Å²) in [6.07, 6.45) is 0. The summed E-state index contributed by atoms with van der Waals surface area (Å²) < 4.78 is 5.75. The molecular formula is C23H16Cl2N2O4S. The van der Waals surface area contributed by atoms with Gasteiger partial charge in [0.25, 0.3) is 11.8 Å². The van der Waals surface area contributed by atoms with Gasteiger partial charge in [-0.3, -0.25) is 19.7 Å². The van der Waals surface area contributed by atoms with Gasteiger partial charge in [0.15, 0.2) is 0 Å². The molecule has 6 nitrogen and oxygen atoms in total. The van der Waals surface area contributed by atoms with Crippen LogP contribution in [0.4, 0.5) is 5.69 Å². The molecule has 0 saturated heterocycles. The molecule has 1 heterocycles. The lowest BCUT2D eigenvalue weighted by Crippen LogP contribution is -2.19. The maximum Gasteiger partial charge on any atom is 0.259 e. The molecular weight excluding hydrogens is 471 g/mol. The summed E-state index contributed by atoms with van der Waals surface area (Å²) in [6.45, 7) is 0. The van der Waals surface area contributed by atoms with Crippen LogP contribution in [0.15, 0.2) is 60.7 Å². The van der Waals surface area contributed by atoms with Gasteiger partial charge in [-0.25, -0.2) is 0 Å². The zero-order valence-corrected chi connectivity index (χ0v) is 18.8. The smallest absolute Gasteiger partial charge is 0.259 e. The van der Waals surface area contributed by atoms with Crippen molar-refractivity contribution >= 4 is 58.4 Å². The number of amides is 3. The van der Waals surface area contributed by atoms with E-state index in [2.05, 4.69) is 10.6 Å². The summed E-state index contributed by atoms with van der Waals surface area (Å²) in [4.78, 5) is 35.6. The molecule has 4 rings (SSSR count). The number of benzene rings is 3. The van der Waals surface area contributed by atoms with E-state index >= 15 is 0 Å². The number of thioether (sulfide) groups is 1. The number of anilines is 1. The second-order valence-electron chi connectivity index (χ2n) is 6.89. The van der Waals surface area contributed by atoms with Gasteiger partial charge in [-0.05, 0) is 60.2 Å². The first-order chi connectivity index (χ1) is 15.4. The van der Waals surface area contributed by atoms with Crippen LogP contribution in [0, 0.1) is 0 Å². The van der Waals surface area contributed by atoms with Gasteiger partial charge < -0.3 is 10.1 Å². The quantitative estimate of drug-likeness (QED) is 0.428. The van der Waals surface area contributed by atoms with E-state index in [1.807, 2.05) is 6.07 Å². The first-order valence-corrected chi connectivity index (χ1v) is 11.4. The van der Waals surface area contributed by atoms with Crippen molar-refractivity contribution in [2.75, 3.05) is 11.1 Å². The Kier molecular flexibility index (Phi) is 6.69. The van der Waals surface area contributed by atoms with Gasteiger partial charge in [0.1, 0.15) is 11.5 Å². The van der Waals surface area contributed by atoms with E-state index < -0.39 is 11.8 Å². The number of carbonyl (C=O) groups is 3. The molecule has 32 heavy (non-hydrogen) atoms. The van der Waals surface area contributed by atoms with Crippen molar-refractivity contribution < 1.29 is 19.1 Å². The topological polar surface area (TPSA) is 84.5 Å². The molecule has 0 radical (unpaired) electrons. The average molecular weight is 487 g/mol. The lowest BCUT2D eigenvalue weighted by Gasteiger charge is -2.09. The molecule has 3 aromatic carbocycles. The van der Waals surface area contributed by atoms with E-state index in [-0.39, 0.29) is 17.2 Å². The largest absolute Gasteiger partial charge is 0.457 e. The van der Waals surface area contributed by atoms with Crippen molar-refractivity contribution in [2.45, 2.75) is 5.75 Å². The second-order valence-corrected chi connectivity index (χ2v) is 8.72. The van der Waals surface area contributed by atoms with Gasteiger partial charge in [-0.15, -0.1) is 11.8 Å². The highest BCUT2D eigenvalue weighted by Crippen LogP contribution is 2.28. The first-order valence-electron chi connectivity index (χ1n) is 9.48. The zero-order valence-electron chi connectivity index (χ0n) is 16.5. The second kappa shape index (κ2) is 9.65. The molecule has 0 spiro atoms. The number of hydrogen-bond acceptors (Lipinski definition) is 5. The van der Waals surface area contributed by atoms with Crippen LogP contribution < -0.4 is 15.4 Å². The number of rotatable bonds is 7. The van der Waals surface area contributed by atoms with Crippen molar-refractivity contribution in [3.05, 3.63) is 87.4 Å². The van der Waals surface area contributed by atoms with Crippen LogP contribution >= 0.6 is 35.0 Å². The Hall–Kier alpha value is -3.00. The van der Waals surface area contributed by atoms with Gasteiger partial charge in [-0.1, -0.05) is 29.3 Å². The van der Waals surface area contributed by atoms with Crippen LogP contribution in [0.5, 0.6) is 11.5 Å². The van der Waals surface area contributed by atoms with E-state index in [0.29, 0.717) is 38.5 Å². The molecule has 2 N–H and O–H groups in total. The molecule has 9 heteroatoms. The molecule has 0 aromatic heterocycles. The van der Waals surface area contributed by atoms with Crippen LogP contribution in [0.3, 0.4) is 0 Å². The zero-order chi connectivity index (χ0) is 22.7. The summed E-state index contributed by atoms with van der Waals surface area (Å²) in [7, 11) is 0. The summed E-state index contributed by atoms with van der Waals surface area (Å²) in [5.74, 6) is 0.842. The van der Waals surface area contributed by atoms with E-state index in [0.717, 1.165) is 5.56 Å². The predicted octanol–water partition coefficient (Wildman–Crippen LogP) is 5.54. The highest BCUT2D eigenvalue weighted by atomic mass is 35.5. The molecule has 0 bridgehead atoms. The SMILES string of the molecule is O=C(CSCc1ccc(Cl)cc1Cl)Nc1ccc(Oc2ccc3c(c2)C(=O)NC3=O)cc1. The fourth-order valence-corrected chi connectivity index (χ4v) is 4.43. The number of hydrogen-bond donors (Lipinski definition) is 2. The Morgan fingerprint density at radius 1 is 0.906 bits per heavy atom. The standard InChI is InChI=1S/C23H16Cl2N2O4S/c24-14-2-1-13(20(25)9-14)11-32-12-21(28)26-15-3-5-16(6-4-15)31-17-7-8-18-19(10-17)23(30)27-22(18)29/h1-10H,11-12H2,(H,26,28)(H,27,29,30). The molecule has 3 aromatic rings. The van der Waals surface area contributed by atoms with Gasteiger partial charge in [-0.2, -0.15) is 0 Å². The Morgan fingerprint density at radius 2 is 1.62 bits per heavy atom. The molecule has 0 unspecified atom stereocenters. The molecule has 1 aliphatic heterocycles.